The van der Waals surface area contributed by atoms with Gasteiger partial charge in [0.15, 0.2) is 0 Å². The van der Waals surface area contributed by atoms with E-state index in [9.17, 15) is 4.79 Å². The molecule has 0 atom stereocenters. The van der Waals surface area contributed by atoms with Gasteiger partial charge >= 0.3 is 0 Å². The molecular weight excluding hydrogens is 410 g/mol. The third-order valence-electron chi connectivity index (χ3n) is 5.62. The number of carbonyl (C=O) groups is 1. The number of nitrogens with two attached hydrogens (primary N) is 1. The topological polar surface area (TPSA) is 85.8 Å². The maximum Gasteiger partial charge on any atom is 0.254 e. The Morgan fingerprint density at radius 2 is 1.94 bits per heavy atom. The maximum absolute atomic E-state index is 12.7. The van der Waals surface area contributed by atoms with Crippen molar-refractivity contribution in [2.75, 3.05) is 5.73 Å². The standard InChI is InChI=1S/C24H24ClN5O/c1-14-4-5-17(9-22(14)25)12-30-13-18(10-29-30)24(31)28-11-21-15(2)8-20-19(16(21)3)6-7-27-23(20)26/h4-10,13H,11-12H2,1-3H3,(H2,26,27)(H,28,31). The molecular formula is C24H24ClN5O. The molecule has 0 unspecified atom stereocenters. The molecule has 0 saturated heterocycles. The fraction of sp³-hybridized carbons (Fsp3) is 0.208. The molecule has 2 heterocycles. The number of carbonyl (C=O) groups excluding carboxylic acids is 1. The Morgan fingerprint density at radius 3 is 2.71 bits per heavy atom. The highest BCUT2D eigenvalue weighted by molar-refractivity contribution is 6.31. The molecule has 3 N–H and O–H groups in total. The average Bonchev–Trinajstić information content (AvgIpc) is 3.20. The van der Waals surface area contributed by atoms with Crippen molar-refractivity contribution < 1.29 is 4.79 Å². The third-order valence-corrected chi connectivity index (χ3v) is 6.02. The number of pyridine rings is 1. The minimum absolute atomic E-state index is 0.165. The van der Waals surface area contributed by atoms with Crippen LogP contribution in [0.2, 0.25) is 5.02 Å². The second kappa shape index (κ2) is 8.40. The summed E-state index contributed by atoms with van der Waals surface area (Å²) in [5.74, 6) is 0.350. The number of halogens is 1. The number of nitrogens with one attached hydrogen (secondary N) is 1. The molecule has 0 radical (unpaired) electrons. The van der Waals surface area contributed by atoms with Crippen molar-refractivity contribution in [3.05, 3.63) is 87.3 Å². The molecule has 0 aliphatic rings. The molecule has 158 valence electrons. The number of rotatable bonds is 5. The first-order valence-corrected chi connectivity index (χ1v) is 10.4. The van der Waals surface area contributed by atoms with Gasteiger partial charge in [-0.05, 0) is 72.2 Å². The molecule has 2 aromatic heterocycles. The van der Waals surface area contributed by atoms with Crippen LogP contribution in [-0.4, -0.2) is 20.7 Å². The number of aromatic nitrogens is 3. The molecule has 4 rings (SSSR count). The van der Waals surface area contributed by atoms with Gasteiger partial charge in [-0.2, -0.15) is 5.10 Å². The Balaban J connectivity index is 1.48. The number of hydrogen-bond acceptors (Lipinski definition) is 4. The van der Waals surface area contributed by atoms with Crippen molar-refractivity contribution >= 4 is 34.1 Å². The van der Waals surface area contributed by atoms with Gasteiger partial charge in [0.25, 0.3) is 5.91 Å². The molecule has 0 saturated carbocycles. The maximum atomic E-state index is 12.7. The zero-order valence-electron chi connectivity index (χ0n) is 17.7. The molecule has 0 aliphatic carbocycles. The number of amides is 1. The first kappa shape index (κ1) is 20.9. The van der Waals surface area contributed by atoms with Crippen molar-refractivity contribution in [1.82, 2.24) is 20.1 Å². The predicted octanol–water partition coefficient (Wildman–Crippen LogP) is 4.57. The summed E-state index contributed by atoms with van der Waals surface area (Å²) >= 11 is 6.20. The van der Waals surface area contributed by atoms with E-state index < -0.39 is 0 Å². The molecule has 0 fully saturated rings. The summed E-state index contributed by atoms with van der Waals surface area (Å²) in [6.07, 6.45) is 5.03. The van der Waals surface area contributed by atoms with Crippen LogP contribution in [0, 0.1) is 20.8 Å². The smallest absolute Gasteiger partial charge is 0.254 e. The van der Waals surface area contributed by atoms with Crippen LogP contribution in [0.1, 0.15) is 38.2 Å². The van der Waals surface area contributed by atoms with E-state index in [-0.39, 0.29) is 5.91 Å². The Labute approximate surface area is 186 Å². The van der Waals surface area contributed by atoms with Gasteiger partial charge in [-0.25, -0.2) is 4.98 Å². The fourth-order valence-corrected chi connectivity index (χ4v) is 3.96. The fourth-order valence-electron chi connectivity index (χ4n) is 3.76. The summed E-state index contributed by atoms with van der Waals surface area (Å²) in [4.78, 5) is 16.9. The number of aryl methyl sites for hydroxylation is 3. The van der Waals surface area contributed by atoms with Gasteiger partial charge in [-0.15, -0.1) is 0 Å². The molecule has 31 heavy (non-hydrogen) atoms. The van der Waals surface area contributed by atoms with Gasteiger partial charge in [0.05, 0.1) is 18.3 Å². The largest absolute Gasteiger partial charge is 0.383 e. The monoisotopic (exact) mass is 433 g/mol. The van der Waals surface area contributed by atoms with Crippen LogP contribution < -0.4 is 11.1 Å². The average molecular weight is 434 g/mol. The predicted molar refractivity (Wildman–Crippen MR) is 124 cm³/mol. The quantitative estimate of drug-likeness (QED) is 0.482. The lowest BCUT2D eigenvalue weighted by Crippen LogP contribution is -2.23. The van der Waals surface area contributed by atoms with E-state index in [1.54, 1.807) is 23.3 Å². The molecule has 7 heteroatoms. The van der Waals surface area contributed by atoms with Gasteiger partial charge in [-0.3, -0.25) is 9.48 Å². The van der Waals surface area contributed by atoms with E-state index in [1.807, 2.05) is 51.1 Å². The Hall–Kier alpha value is -3.38. The second-order valence-electron chi connectivity index (χ2n) is 7.78. The zero-order chi connectivity index (χ0) is 22.1. The molecule has 4 aromatic rings. The van der Waals surface area contributed by atoms with Crippen LogP contribution in [0.3, 0.4) is 0 Å². The van der Waals surface area contributed by atoms with Crippen LogP contribution in [0.15, 0.2) is 48.9 Å². The van der Waals surface area contributed by atoms with E-state index >= 15 is 0 Å². The van der Waals surface area contributed by atoms with E-state index in [4.69, 9.17) is 17.3 Å². The lowest BCUT2D eigenvalue weighted by Gasteiger charge is -2.14. The summed E-state index contributed by atoms with van der Waals surface area (Å²) in [5.41, 5.74) is 11.8. The van der Waals surface area contributed by atoms with E-state index in [0.717, 1.165) is 43.6 Å². The Bertz CT molecular complexity index is 1290. The van der Waals surface area contributed by atoms with E-state index in [0.29, 0.717) is 24.5 Å². The van der Waals surface area contributed by atoms with Crippen molar-refractivity contribution in [3.8, 4) is 0 Å². The number of anilines is 1. The lowest BCUT2D eigenvalue weighted by molar-refractivity contribution is 0.0950. The summed E-state index contributed by atoms with van der Waals surface area (Å²) in [6, 6.07) is 9.89. The molecule has 2 aromatic carbocycles. The van der Waals surface area contributed by atoms with Gasteiger partial charge in [0.2, 0.25) is 0 Å². The number of hydrogen-bond donors (Lipinski definition) is 2. The minimum atomic E-state index is -0.165. The van der Waals surface area contributed by atoms with Crippen molar-refractivity contribution in [1.29, 1.82) is 0 Å². The summed E-state index contributed by atoms with van der Waals surface area (Å²) in [5, 5.41) is 10.0. The molecule has 0 aliphatic heterocycles. The van der Waals surface area contributed by atoms with Gasteiger partial charge in [0.1, 0.15) is 5.82 Å². The van der Waals surface area contributed by atoms with Gasteiger partial charge < -0.3 is 11.1 Å². The van der Waals surface area contributed by atoms with E-state index in [2.05, 4.69) is 15.4 Å². The zero-order valence-corrected chi connectivity index (χ0v) is 18.5. The van der Waals surface area contributed by atoms with Crippen LogP contribution in [0.4, 0.5) is 5.82 Å². The van der Waals surface area contributed by atoms with Crippen molar-refractivity contribution in [2.24, 2.45) is 0 Å². The van der Waals surface area contributed by atoms with Gasteiger partial charge in [-0.1, -0.05) is 23.7 Å². The molecule has 6 nitrogen and oxygen atoms in total. The van der Waals surface area contributed by atoms with Crippen molar-refractivity contribution in [3.63, 3.8) is 0 Å². The molecule has 0 spiro atoms. The molecule has 0 bridgehead atoms. The first-order valence-electron chi connectivity index (χ1n) is 10.0. The highest BCUT2D eigenvalue weighted by atomic mass is 35.5. The SMILES string of the molecule is Cc1ccc(Cn2cc(C(=O)NCc3c(C)cc4c(N)nccc4c3C)cn2)cc1Cl. The number of benzene rings is 2. The van der Waals surface area contributed by atoms with Crippen molar-refractivity contribution in [2.45, 2.75) is 33.9 Å². The second-order valence-corrected chi connectivity index (χ2v) is 8.19. The third kappa shape index (κ3) is 4.25. The van der Waals surface area contributed by atoms with Crippen LogP contribution in [0.5, 0.6) is 0 Å². The highest BCUT2D eigenvalue weighted by Crippen LogP contribution is 2.27. The first-order chi connectivity index (χ1) is 14.8. The van der Waals surface area contributed by atoms with Crippen LogP contribution >= 0.6 is 11.6 Å². The Morgan fingerprint density at radius 1 is 1.13 bits per heavy atom. The summed E-state index contributed by atoms with van der Waals surface area (Å²) in [6.45, 7) is 7.00. The lowest BCUT2D eigenvalue weighted by atomic mass is 9.96. The number of nitrogen functional groups attached to an aromatic ring is 1. The van der Waals surface area contributed by atoms with Crippen LogP contribution in [-0.2, 0) is 13.1 Å². The highest BCUT2D eigenvalue weighted by Gasteiger charge is 2.13. The van der Waals surface area contributed by atoms with Gasteiger partial charge in [0, 0.05) is 29.3 Å². The van der Waals surface area contributed by atoms with Crippen LogP contribution in [0.25, 0.3) is 10.8 Å². The number of nitrogens with zero attached hydrogens (tertiary/aromatic N) is 3. The summed E-state index contributed by atoms with van der Waals surface area (Å²) < 4.78 is 1.73. The van der Waals surface area contributed by atoms with E-state index in [1.165, 1.54) is 0 Å². The normalized spacial score (nSPS) is 11.1. The molecule has 1 amide bonds. The minimum Gasteiger partial charge on any atom is -0.383 e. The Kier molecular flexibility index (Phi) is 5.65. The number of fused-ring (bicyclic) bond motifs is 1. The summed E-state index contributed by atoms with van der Waals surface area (Å²) in [7, 11) is 0.